The third kappa shape index (κ3) is 3.78. The van der Waals surface area contributed by atoms with E-state index in [4.69, 9.17) is 17.3 Å². The second-order valence-corrected chi connectivity index (χ2v) is 6.88. The Morgan fingerprint density at radius 1 is 1.24 bits per heavy atom. The smallest absolute Gasteiger partial charge is 0.222 e. The minimum Gasteiger partial charge on any atom is -0.341 e. The summed E-state index contributed by atoms with van der Waals surface area (Å²) in [6.07, 6.45) is 5.04. The molecule has 2 aliphatic rings. The third-order valence-corrected chi connectivity index (χ3v) is 5.01. The number of aryl methyl sites for hydroxylation is 1. The van der Waals surface area contributed by atoms with Gasteiger partial charge in [-0.1, -0.05) is 23.7 Å². The molecule has 1 aromatic carbocycles. The van der Waals surface area contributed by atoms with Gasteiger partial charge in [-0.25, -0.2) is 0 Å². The van der Waals surface area contributed by atoms with Crippen LogP contribution in [0, 0.1) is 11.8 Å². The van der Waals surface area contributed by atoms with Gasteiger partial charge in [-0.3, -0.25) is 4.79 Å². The fraction of sp³-hybridized carbons (Fsp3) is 0.588. The quantitative estimate of drug-likeness (QED) is 0.909. The summed E-state index contributed by atoms with van der Waals surface area (Å²) in [4.78, 5) is 14.3. The van der Waals surface area contributed by atoms with Gasteiger partial charge in [-0.2, -0.15) is 0 Å². The highest BCUT2D eigenvalue weighted by atomic mass is 35.5. The Hall–Kier alpha value is -1.06. The zero-order valence-corrected chi connectivity index (χ0v) is 13.1. The standard InChI is InChI=1S/C17H23ClN2O/c18-14-8-4-12(5-9-14)2-1-3-17(21)20-10-15(13-6-7-13)16(19)11-20/h4-5,8-9,13,15-16H,1-3,6-7,10-11,19H2/t15-,16+/m0/s1. The molecule has 3 rings (SSSR count). The van der Waals surface area contributed by atoms with Gasteiger partial charge in [0.2, 0.25) is 5.91 Å². The van der Waals surface area contributed by atoms with Crippen molar-refractivity contribution in [2.75, 3.05) is 13.1 Å². The molecular formula is C17H23ClN2O. The molecule has 1 aliphatic heterocycles. The van der Waals surface area contributed by atoms with Gasteiger partial charge in [0.1, 0.15) is 0 Å². The lowest BCUT2D eigenvalue weighted by Crippen LogP contribution is -2.32. The summed E-state index contributed by atoms with van der Waals surface area (Å²) in [5.74, 6) is 1.60. The van der Waals surface area contributed by atoms with Gasteiger partial charge in [-0.15, -0.1) is 0 Å². The van der Waals surface area contributed by atoms with E-state index >= 15 is 0 Å². The minimum atomic E-state index is 0.192. The molecule has 1 aliphatic carbocycles. The first kappa shape index (κ1) is 14.9. The average molecular weight is 307 g/mol. The van der Waals surface area contributed by atoms with E-state index in [2.05, 4.69) is 0 Å². The molecule has 0 aromatic heterocycles. The first-order valence-corrected chi connectivity index (χ1v) is 8.29. The highest BCUT2D eigenvalue weighted by Crippen LogP contribution is 2.40. The number of amides is 1. The number of benzene rings is 1. The molecule has 0 bridgehead atoms. The molecule has 0 radical (unpaired) electrons. The van der Waals surface area contributed by atoms with E-state index < -0.39 is 0 Å². The number of nitrogens with two attached hydrogens (primary N) is 1. The Kier molecular flexibility index (Phi) is 4.51. The van der Waals surface area contributed by atoms with Gasteiger partial charge in [0.05, 0.1) is 0 Å². The van der Waals surface area contributed by atoms with E-state index in [-0.39, 0.29) is 11.9 Å². The highest BCUT2D eigenvalue weighted by Gasteiger charge is 2.41. The summed E-state index contributed by atoms with van der Waals surface area (Å²) in [5.41, 5.74) is 7.41. The summed E-state index contributed by atoms with van der Waals surface area (Å²) >= 11 is 5.87. The van der Waals surface area contributed by atoms with E-state index in [9.17, 15) is 4.79 Å². The van der Waals surface area contributed by atoms with Crippen molar-refractivity contribution in [1.82, 2.24) is 4.90 Å². The van der Waals surface area contributed by atoms with Gasteiger partial charge in [0.15, 0.2) is 0 Å². The SMILES string of the molecule is N[C@@H]1CN(C(=O)CCCc2ccc(Cl)cc2)C[C@H]1C1CC1. The molecule has 2 N–H and O–H groups in total. The maximum absolute atomic E-state index is 12.3. The van der Waals surface area contributed by atoms with Crippen LogP contribution in [-0.2, 0) is 11.2 Å². The summed E-state index contributed by atoms with van der Waals surface area (Å²) in [6, 6.07) is 8.05. The van der Waals surface area contributed by atoms with Gasteiger partial charge in [0, 0.05) is 30.6 Å². The molecule has 1 amide bonds. The third-order valence-electron chi connectivity index (χ3n) is 4.76. The van der Waals surface area contributed by atoms with Gasteiger partial charge in [0.25, 0.3) is 0 Å². The van der Waals surface area contributed by atoms with E-state index in [1.807, 2.05) is 29.2 Å². The van der Waals surface area contributed by atoms with Crippen molar-refractivity contribution in [3.8, 4) is 0 Å². The minimum absolute atomic E-state index is 0.192. The topological polar surface area (TPSA) is 46.3 Å². The molecule has 1 heterocycles. The predicted octanol–water partition coefficient (Wildman–Crippen LogP) is 2.86. The van der Waals surface area contributed by atoms with Gasteiger partial charge in [-0.05, 0) is 55.2 Å². The van der Waals surface area contributed by atoms with Crippen LogP contribution in [0.15, 0.2) is 24.3 Å². The van der Waals surface area contributed by atoms with E-state index in [0.717, 1.165) is 36.9 Å². The molecule has 3 nitrogen and oxygen atoms in total. The Morgan fingerprint density at radius 2 is 1.95 bits per heavy atom. The predicted molar refractivity (Wildman–Crippen MR) is 85.2 cm³/mol. The van der Waals surface area contributed by atoms with Crippen molar-refractivity contribution in [3.63, 3.8) is 0 Å². The number of hydrogen-bond donors (Lipinski definition) is 1. The first-order chi connectivity index (χ1) is 10.1. The molecule has 0 spiro atoms. The number of nitrogens with zero attached hydrogens (tertiary/aromatic N) is 1. The average Bonchev–Trinajstić information content (AvgIpc) is 3.23. The summed E-state index contributed by atoms with van der Waals surface area (Å²) < 4.78 is 0. The molecule has 2 fully saturated rings. The Labute approximate surface area is 131 Å². The summed E-state index contributed by atoms with van der Waals surface area (Å²) in [5, 5.41) is 0.756. The van der Waals surface area contributed by atoms with Crippen LogP contribution in [0.25, 0.3) is 0 Å². The summed E-state index contributed by atoms with van der Waals surface area (Å²) in [7, 11) is 0. The Balaban J connectivity index is 1.43. The van der Waals surface area contributed by atoms with Crippen molar-refractivity contribution >= 4 is 17.5 Å². The Morgan fingerprint density at radius 3 is 2.62 bits per heavy atom. The second-order valence-electron chi connectivity index (χ2n) is 6.44. The van der Waals surface area contributed by atoms with E-state index in [0.29, 0.717) is 12.3 Å². The molecule has 21 heavy (non-hydrogen) atoms. The number of rotatable bonds is 5. The highest BCUT2D eigenvalue weighted by molar-refractivity contribution is 6.30. The molecular weight excluding hydrogens is 284 g/mol. The van der Waals surface area contributed by atoms with Crippen molar-refractivity contribution in [2.45, 2.75) is 38.1 Å². The maximum atomic E-state index is 12.3. The van der Waals surface area contributed by atoms with Crippen LogP contribution in [-0.4, -0.2) is 29.9 Å². The van der Waals surface area contributed by atoms with Crippen molar-refractivity contribution in [1.29, 1.82) is 0 Å². The monoisotopic (exact) mass is 306 g/mol. The van der Waals surface area contributed by atoms with Crippen LogP contribution >= 0.6 is 11.6 Å². The van der Waals surface area contributed by atoms with E-state index in [1.54, 1.807) is 0 Å². The molecule has 4 heteroatoms. The van der Waals surface area contributed by atoms with Crippen LogP contribution in [0.3, 0.4) is 0 Å². The fourth-order valence-electron chi connectivity index (χ4n) is 3.33. The van der Waals surface area contributed by atoms with E-state index in [1.165, 1.54) is 18.4 Å². The van der Waals surface area contributed by atoms with Crippen LogP contribution in [0.4, 0.5) is 0 Å². The van der Waals surface area contributed by atoms with Crippen molar-refractivity contribution in [2.24, 2.45) is 17.6 Å². The lowest BCUT2D eigenvalue weighted by Gasteiger charge is -2.16. The zero-order chi connectivity index (χ0) is 14.8. The number of carbonyl (C=O) groups is 1. The molecule has 1 saturated carbocycles. The maximum Gasteiger partial charge on any atom is 0.222 e. The normalized spacial score (nSPS) is 25.3. The molecule has 0 unspecified atom stereocenters. The molecule has 114 valence electrons. The second kappa shape index (κ2) is 6.37. The van der Waals surface area contributed by atoms with Crippen LogP contribution < -0.4 is 5.73 Å². The molecule has 1 aromatic rings. The number of carbonyl (C=O) groups excluding carboxylic acids is 1. The Bertz CT molecular complexity index is 498. The lowest BCUT2D eigenvalue weighted by atomic mass is 9.99. The van der Waals surface area contributed by atoms with Crippen LogP contribution in [0.2, 0.25) is 5.02 Å². The van der Waals surface area contributed by atoms with Gasteiger partial charge >= 0.3 is 0 Å². The summed E-state index contributed by atoms with van der Waals surface area (Å²) in [6.45, 7) is 1.63. The number of likely N-dealkylation sites (tertiary alicyclic amines) is 1. The first-order valence-electron chi connectivity index (χ1n) is 7.91. The molecule has 1 saturated heterocycles. The fourth-order valence-corrected chi connectivity index (χ4v) is 3.46. The van der Waals surface area contributed by atoms with Crippen molar-refractivity contribution < 1.29 is 4.79 Å². The number of hydrogen-bond acceptors (Lipinski definition) is 2. The zero-order valence-electron chi connectivity index (χ0n) is 12.3. The van der Waals surface area contributed by atoms with Gasteiger partial charge < -0.3 is 10.6 Å². The lowest BCUT2D eigenvalue weighted by molar-refractivity contribution is -0.130. The largest absolute Gasteiger partial charge is 0.341 e. The van der Waals surface area contributed by atoms with Crippen LogP contribution in [0.5, 0.6) is 0 Å². The number of halogens is 1. The molecule has 2 atom stereocenters. The van der Waals surface area contributed by atoms with Crippen molar-refractivity contribution in [3.05, 3.63) is 34.9 Å². The van der Waals surface area contributed by atoms with Crippen LogP contribution in [0.1, 0.15) is 31.2 Å².